The van der Waals surface area contributed by atoms with Crippen LogP contribution in [0, 0.1) is 0 Å². The largest absolute Gasteiger partial charge is 0.350 e. The zero-order valence-electron chi connectivity index (χ0n) is 14.5. The number of aromatic nitrogens is 4. The fourth-order valence-electron chi connectivity index (χ4n) is 2.66. The van der Waals surface area contributed by atoms with Gasteiger partial charge in [0.15, 0.2) is 5.82 Å². The highest BCUT2D eigenvalue weighted by atomic mass is 16.2. The van der Waals surface area contributed by atoms with Crippen molar-refractivity contribution in [2.24, 2.45) is 0 Å². The Kier molecular flexibility index (Phi) is 4.70. The van der Waals surface area contributed by atoms with Gasteiger partial charge in [-0.25, -0.2) is 0 Å². The lowest BCUT2D eigenvalue weighted by Gasteiger charge is -2.07. The van der Waals surface area contributed by atoms with Gasteiger partial charge < -0.3 is 5.32 Å². The number of rotatable bonds is 5. The third-order valence-electron chi connectivity index (χ3n) is 4.03. The number of carbonyl (C=O) groups is 1. The van der Waals surface area contributed by atoms with E-state index in [2.05, 4.69) is 20.4 Å². The Morgan fingerprint density at radius 1 is 0.926 bits per heavy atom. The minimum atomic E-state index is -0.237. The maximum Gasteiger partial charge on any atom is 0.281 e. The lowest BCUT2D eigenvalue weighted by atomic mass is 10.2. The third kappa shape index (κ3) is 3.74. The molecule has 132 valence electrons. The molecule has 6 heteroatoms. The Bertz CT molecular complexity index is 1030. The summed E-state index contributed by atoms with van der Waals surface area (Å²) in [7, 11) is 0. The van der Waals surface area contributed by atoms with Crippen LogP contribution in [-0.2, 0) is 6.54 Å². The molecule has 0 amide bonds. The first kappa shape index (κ1) is 16.7. The average Bonchev–Trinajstić information content (AvgIpc) is 3.18. The molecule has 4 rings (SSSR count). The van der Waals surface area contributed by atoms with E-state index in [1.54, 1.807) is 24.5 Å². The van der Waals surface area contributed by atoms with Crippen LogP contribution < -0.4 is 5.32 Å². The van der Waals surface area contributed by atoms with Crippen LogP contribution in [0.25, 0.3) is 11.4 Å². The first-order valence-electron chi connectivity index (χ1n) is 8.56. The second-order valence-electron chi connectivity index (χ2n) is 5.92. The van der Waals surface area contributed by atoms with E-state index < -0.39 is 0 Å². The van der Waals surface area contributed by atoms with E-state index in [4.69, 9.17) is 0 Å². The standard InChI is InChI=1S/C21H17N5O/c27-20(18-11-5-2-6-12-18)26-21(23-15-16-8-7-13-22-14-16)24-19(25-26)17-9-3-1-4-10-17/h1-14H,15H2,(H,23,24,25). The number of carbonyl (C=O) groups excluding carboxylic acids is 1. The molecule has 0 bridgehead atoms. The molecule has 0 fully saturated rings. The Morgan fingerprint density at radius 3 is 2.37 bits per heavy atom. The van der Waals surface area contributed by atoms with Gasteiger partial charge in [-0.2, -0.15) is 9.67 Å². The Morgan fingerprint density at radius 2 is 1.67 bits per heavy atom. The fourth-order valence-corrected chi connectivity index (χ4v) is 2.66. The molecule has 2 aromatic carbocycles. The summed E-state index contributed by atoms with van der Waals surface area (Å²) >= 11 is 0. The van der Waals surface area contributed by atoms with E-state index in [9.17, 15) is 4.79 Å². The lowest BCUT2D eigenvalue weighted by molar-refractivity contribution is 0.0947. The van der Waals surface area contributed by atoms with Crippen LogP contribution in [0.3, 0.4) is 0 Å². The molecule has 0 aliphatic carbocycles. The highest BCUT2D eigenvalue weighted by molar-refractivity contribution is 5.97. The van der Waals surface area contributed by atoms with E-state index in [0.29, 0.717) is 23.9 Å². The van der Waals surface area contributed by atoms with Crippen molar-refractivity contribution in [3.05, 3.63) is 96.3 Å². The summed E-state index contributed by atoms with van der Waals surface area (Å²) in [6.07, 6.45) is 3.49. The minimum Gasteiger partial charge on any atom is -0.350 e. The van der Waals surface area contributed by atoms with Gasteiger partial charge in [-0.1, -0.05) is 54.6 Å². The number of nitrogens with one attached hydrogen (secondary N) is 1. The SMILES string of the molecule is O=C(c1ccccc1)n1nc(-c2ccccc2)nc1NCc1cccnc1. The Hall–Kier alpha value is -3.80. The van der Waals surface area contributed by atoms with Crippen molar-refractivity contribution < 1.29 is 4.79 Å². The zero-order chi connectivity index (χ0) is 18.5. The van der Waals surface area contributed by atoms with Crippen molar-refractivity contribution in [2.75, 3.05) is 5.32 Å². The molecule has 0 atom stereocenters. The molecule has 27 heavy (non-hydrogen) atoms. The third-order valence-corrected chi connectivity index (χ3v) is 4.03. The van der Waals surface area contributed by atoms with E-state index in [1.807, 2.05) is 60.7 Å². The van der Waals surface area contributed by atoms with E-state index in [1.165, 1.54) is 4.68 Å². The number of pyridine rings is 1. The highest BCUT2D eigenvalue weighted by Crippen LogP contribution is 2.19. The topological polar surface area (TPSA) is 72.7 Å². The second-order valence-corrected chi connectivity index (χ2v) is 5.92. The van der Waals surface area contributed by atoms with Gasteiger partial charge in [0.25, 0.3) is 5.91 Å². The molecule has 1 N–H and O–H groups in total. The van der Waals surface area contributed by atoms with Crippen LogP contribution in [0.5, 0.6) is 0 Å². The van der Waals surface area contributed by atoms with E-state index in [0.717, 1.165) is 11.1 Å². The van der Waals surface area contributed by atoms with Crippen LogP contribution >= 0.6 is 0 Å². The van der Waals surface area contributed by atoms with Crippen molar-refractivity contribution in [2.45, 2.75) is 6.54 Å². The molecule has 4 aromatic rings. The molecule has 0 spiro atoms. The first-order valence-corrected chi connectivity index (χ1v) is 8.56. The van der Waals surface area contributed by atoms with Gasteiger partial charge >= 0.3 is 0 Å². The minimum absolute atomic E-state index is 0.237. The molecule has 0 saturated heterocycles. The van der Waals surface area contributed by atoms with Gasteiger partial charge in [0.05, 0.1) is 0 Å². The quantitative estimate of drug-likeness (QED) is 0.592. The Balaban J connectivity index is 1.69. The van der Waals surface area contributed by atoms with Crippen LogP contribution in [0.15, 0.2) is 85.2 Å². The van der Waals surface area contributed by atoms with Crippen LogP contribution in [0.4, 0.5) is 5.95 Å². The molecular weight excluding hydrogens is 338 g/mol. The summed E-state index contributed by atoms with van der Waals surface area (Å²) in [5.41, 5.74) is 2.38. The number of hydrogen-bond acceptors (Lipinski definition) is 5. The predicted octanol–water partition coefficient (Wildman–Crippen LogP) is 3.64. The summed E-state index contributed by atoms with van der Waals surface area (Å²) in [6, 6.07) is 22.4. The first-order chi connectivity index (χ1) is 13.3. The number of hydrogen-bond donors (Lipinski definition) is 1. The van der Waals surface area contributed by atoms with Crippen molar-refractivity contribution in [3.63, 3.8) is 0 Å². The van der Waals surface area contributed by atoms with Gasteiger partial charge in [-0.05, 0) is 23.8 Å². The molecule has 0 radical (unpaired) electrons. The normalized spacial score (nSPS) is 10.5. The zero-order valence-corrected chi connectivity index (χ0v) is 14.5. The van der Waals surface area contributed by atoms with Crippen molar-refractivity contribution in [1.29, 1.82) is 0 Å². The van der Waals surface area contributed by atoms with Gasteiger partial charge in [0.2, 0.25) is 5.95 Å². The smallest absolute Gasteiger partial charge is 0.281 e. The average molecular weight is 355 g/mol. The predicted molar refractivity (Wildman–Crippen MR) is 103 cm³/mol. The van der Waals surface area contributed by atoms with Crippen molar-refractivity contribution in [3.8, 4) is 11.4 Å². The van der Waals surface area contributed by atoms with Crippen molar-refractivity contribution >= 4 is 11.9 Å². The molecule has 0 aliphatic rings. The molecular formula is C21H17N5O. The molecule has 0 saturated carbocycles. The summed E-state index contributed by atoms with van der Waals surface area (Å²) in [6.45, 7) is 0.489. The maximum absolute atomic E-state index is 12.9. The van der Waals surface area contributed by atoms with Crippen molar-refractivity contribution in [1.82, 2.24) is 19.7 Å². The summed E-state index contributed by atoms with van der Waals surface area (Å²) in [5, 5.41) is 7.65. The van der Waals surface area contributed by atoms with Gasteiger partial charge in [0, 0.05) is 30.1 Å². The molecule has 2 heterocycles. The van der Waals surface area contributed by atoms with E-state index in [-0.39, 0.29) is 5.91 Å². The van der Waals surface area contributed by atoms with Crippen LogP contribution in [0.2, 0.25) is 0 Å². The molecule has 6 nitrogen and oxygen atoms in total. The Labute approximate surface area is 156 Å². The fraction of sp³-hybridized carbons (Fsp3) is 0.0476. The van der Waals surface area contributed by atoms with Gasteiger partial charge in [-0.15, -0.1) is 5.10 Å². The summed E-state index contributed by atoms with van der Waals surface area (Å²) in [4.78, 5) is 21.6. The van der Waals surface area contributed by atoms with E-state index >= 15 is 0 Å². The number of nitrogens with zero attached hydrogens (tertiary/aromatic N) is 4. The second kappa shape index (κ2) is 7.61. The molecule has 0 unspecified atom stereocenters. The number of benzene rings is 2. The summed E-state index contributed by atoms with van der Waals surface area (Å²) < 4.78 is 1.31. The van der Waals surface area contributed by atoms with Crippen LogP contribution in [-0.4, -0.2) is 25.7 Å². The lowest BCUT2D eigenvalue weighted by Crippen LogP contribution is -2.17. The highest BCUT2D eigenvalue weighted by Gasteiger charge is 2.18. The van der Waals surface area contributed by atoms with Gasteiger partial charge in [0.1, 0.15) is 0 Å². The maximum atomic E-state index is 12.9. The molecule has 2 aromatic heterocycles. The number of anilines is 1. The van der Waals surface area contributed by atoms with Crippen LogP contribution in [0.1, 0.15) is 15.9 Å². The van der Waals surface area contributed by atoms with Gasteiger partial charge in [-0.3, -0.25) is 9.78 Å². The summed E-state index contributed by atoms with van der Waals surface area (Å²) in [5.74, 6) is 0.652. The molecule has 0 aliphatic heterocycles. The monoisotopic (exact) mass is 355 g/mol.